The molecule has 2 aromatic carbocycles. The molecule has 6 rings (SSSR count). The molecule has 0 atom stereocenters. The van der Waals surface area contributed by atoms with Crippen molar-refractivity contribution in [3.8, 4) is 11.5 Å². The molecular weight excluding hydrogens is 721 g/mol. The van der Waals surface area contributed by atoms with Crippen molar-refractivity contribution in [1.29, 1.82) is 0 Å². The van der Waals surface area contributed by atoms with E-state index in [0.717, 1.165) is 61.7 Å². The minimum Gasteiger partial charge on any atom is -0.457 e. The summed E-state index contributed by atoms with van der Waals surface area (Å²) in [5, 5.41) is 0. The first kappa shape index (κ1) is 44.9. The van der Waals surface area contributed by atoms with Crippen molar-refractivity contribution in [2.75, 3.05) is 0 Å². The minimum atomic E-state index is 0.480. The zero-order chi connectivity index (χ0) is 41.1. The zero-order valence-corrected chi connectivity index (χ0v) is 37.7. The molecule has 2 aliphatic rings. The summed E-state index contributed by atoms with van der Waals surface area (Å²) >= 11 is 0. The summed E-state index contributed by atoms with van der Waals surface area (Å²) in [5.41, 5.74) is 8.28. The first-order chi connectivity index (χ1) is 29.0. The van der Waals surface area contributed by atoms with E-state index in [2.05, 4.69) is 88.9 Å². The number of unbranched alkanes of at least 4 members (excludes halogenated alkanes) is 8. The summed E-state index contributed by atoms with van der Waals surface area (Å²) in [6.45, 7) is 9.12. The largest absolute Gasteiger partial charge is 0.457 e. The number of rotatable bonds is 24. The summed E-state index contributed by atoms with van der Waals surface area (Å²) < 4.78 is 7.12. The molecular formula is C54H78N4O. The van der Waals surface area contributed by atoms with Crippen LogP contribution < -0.4 is 4.74 Å². The standard InChI is InChI=1S/C54H78N4O/c1-5-9-13-17-41-25-31-51(49(33-41)35-43-21-27-47(28-22-43)53-55-37-45(38-56-53)19-15-11-7-3)59-52-32-26-42(18-14-10-6-2)34-50(52)36-44-23-29-48(30-24-44)54-57-39-46(40-58-54)20-16-12-8-4/h25-26,31-34,37-40,43-44,47-48H,5-24,27-30,35-36H2,1-4H3. The fourth-order valence-electron chi connectivity index (χ4n) is 9.81. The number of aromatic nitrogens is 4. The summed E-state index contributed by atoms with van der Waals surface area (Å²) in [6.07, 6.45) is 39.7. The molecule has 0 bridgehead atoms. The third kappa shape index (κ3) is 14.2. The van der Waals surface area contributed by atoms with Crippen LogP contribution >= 0.6 is 0 Å². The Balaban J connectivity index is 1.13. The third-order valence-electron chi connectivity index (χ3n) is 13.6. The Morgan fingerprint density at radius 3 is 1.10 bits per heavy atom. The topological polar surface area (TPSA) is 60.8 Å². The molecule has 0 aliphatic heterocycles. The van der Waals surface area contributed by atoms with Gasteiger partial charge in [-0.15, -0.1) is 0 Å². The van der Waals surface area contributed by atoms with Crippen molar-refractivity contribution < 1.29 is 4.74 Å². The van der Waals surface area contributed by atoms with Crippen molar-refractivity contribution in [2.24, 2.45) is 11.8 Å². The van der Waals surface area contributed by atoms with Gasteiger partial charge in [0, 0.05) is 36.6 Å². The van der Waals surface area contributed by atoms with Crippen molar-refractivity contribution in [3.05, 3.63) is 106 Å². The van der Waals surface area contributed by atoms with E-state index in [0.29, 0.717) is 23.7 Å². The molecule has 0 radical (unpaired) electrons. The fraction of sp³-hybridized carbons (Fsp3) is 0.630. The second-order valence-electron chi connectivity index (χ2n) is 18.6. The molecule has 59 heavy (non-hydrogen) atoms. The maximum atomic E-state index is 7.12. The Hall–Kier alpha value is -3.60. The molecule has 0 unspecified atom stereocenters. The zero-order valence-electron chi connectivity index (χ0n) is 37.7. The van der Waals surface area contributed by atoms with Gasteiger partial charge in [-0.2, -0.15) is 0 Å². The van der Waals surface area contributed by atoms with Crippen LogP contribution in [0.25, 0.3) is 0 Å². The number of hydrogen-bond donors (Lipinski definition) is 0. The van der Waals surface area contributed by atoms with Crippen LogP contribution in [-0.4, -0.2) is 19.9 Å². The van der Waals surface area contributed by atoms with Crippen LogP contribution in [0.1, 0.15) is 213 Å². The Morgan fingerprint density at radius 1 is 0.424 bits per heavy atom. The first-order valence-electron chi connectivity index (χ1n) is 24.6. The maximum absolute atomic E-state index is 7.12. The summed E-state index contributed by atoms with van der Waals surface area (Å²) in [7, 11) is 0. The predicted octanol–water partition coefficient (Wildman–Crippen LogP) is 15.0. The number of hydrogen-bond acceptors (Lipinski definition) is 5. The van der Waals surface area contributed by atoms with Gasteiger partial charge in [-0.25, -0.2) is 19.9 Å². The smallest absolute Gasteiger partial charge is 0.131 e. The average Bonchev–Trinajstić information content (AvgIpc) is 3.27. The van der Waals surface area contributed by atoms with E-state index in [1.165, 1.54) is 162 Å². The van der Waals surface area contributed by atoms with Gasteiger partial charge in [-0.3, -0.25) is 0 Å². The molecule has 0 spiro atoms. The molecule has 5 heteroatoms. The lowest BCUT2D eigenvalue weighted by molar-refractivity contribution is 0.312. The van der Waals surface area contributed by atoms with Crippen LogP contribution in [-0.2, 0) is 38.5 Å². The van der Waals surface area contributed by atoms with Crippen LogP contribution in [0, 0.1) is 11.8 Å². The SMILES string of the molecule is CCCCCc1cnc(C2CCC(Cc3cc(CCCCC)ccc3Oc3ccc(CCCCC)cc3CC3CCC(c4ncc(CCCCC)cn4)CC3)CC2)nc1. The van der Waals surface area contributed by atoms with Crippen molar-refractivity contribution in [1.82, 2.24) is 19.9 Å². The van der Waals surface area contributed by atoms with Crippen LogP contribution in [0.2, 0.25) is 0 Å². The maximum Gasteiger partial charge on any atom is 0.131 e. The number of nitrogens with zero attached hydrogens (tertiary/aromatic N) is 4. The van der Waals surface area contributed by atoms with Crippen molar-refractivity contribution >= 4 is 0 Å². The highest BCUT2D eigenvalue weighted by molar-refractivity contribution is 5.45. The normalized spacial score (nSPS) is 19.5. The summed E-state index contributed by atoms with van der Waals surface area (Å²) in [6, 6.07) is 14.3. The Bertz CT molecular complexity index is 1640. The summed E-state index contributed by atoms with van der Waals surface area (Å²) in [5.74, 6) is 6.52. The predicted molar refractivity (Wildman–Crippen MR) is 247 cm³/mol. The van der Waals surface area contributed by atoms with Gasteiger partial charge in [-0.05, 0) is 173 Å². The van der Waals surface area contributed by atoms with E-state index >= 15 is 0 Å². The van der Waals surface area contributed by atoms with Gasteiger partial charge in [0.25, 0.3) is 0 Å². The monoisotopic (exact) mass is 799 g/mol. The van der Waals surface area contributed by atoms with Crippen LogP contribution in [0.15, 0.2) is 61.2 Å². The Labute approximate surface area is 359 Å². The molecule has 320 valence electrons. The van der Waals surface area contributed by atoms with Crippen molar-refractivity contribution in [3.63, 3.8) is 0 Å². The van der Waals surface area contributed by atoms with E-state index in [4.69, 9.17) is 24.7 Å². The Morgan fingerprint density at radius 2 is 0.763 bits per heavy atom. The van der Waals surface area contributed by atoms with E-state index in [9.17, 15) is 0 Å². The Kier molecular flexibility index (Phi) is 18.7. The highest BCUT2D eigenvalue weighted by atomic mass is 16.5. The van der Waals surface area contributed by atoms with Gasteiger partial charge in [0.15, 0.2) is 0 Å². The minimum absolute atomic E-state index is 0.480. The summed E-state index contributed by atoms with van der Waals surface area (Å²) in [4.78, 5) is 19.5. The van der Waals surface area contributed by atoms with Gasteiger partial charge in [0.2, 0.25) is 0 Å². The van der Waals surface area contributed by atoms with E-state index in [-0.39, 0.29) is 0 Å². The van der Waals surface area contributed by atoms with Gasteiger partial charge < -0.3 is 4.74 Å². The number of ether oxygens (including phenoxy) is 1. The second-order valence-corrected chi connectivity index (χ2v) is 18.6. The third-order valence-corrected chi connectivity index (χ3v) is 13.6. The lowest BCUT2D eigenvalue weighted by atomic mass is 9.78. The van der Waals surface area contributed by atoms with E-state index in [1.54, 1.807) is 0 Å². The van der Waals surface area contributed by atoms with E-state index < -0.39 is 0 Å². The molecule has 2 aromatic heterocycles. The lowest BCUT2D eigenvalue weighted by Gasteiger charge is -2.29. The molecule has 0 saturated heterocycles. The van der Waals surface area contributed by atoms with E-state index in [1.807, 2.05) is 0 Å². The van der Waals surface area contributed by atoms with Gasteiger partial charge in [0.1, 0.15) is 23.1 Å². The quantitative estimate of drug-likeness (QED) is 0.0661. The molecule has 5 nitrogen and oxygen atoms in total. The molecule has 4 aromatic rings. The molecule has 2 aliphatic carbocycles. The molecule has 0 N–H and O–H groups in total. The van der Waals surface area contributed by atoms with Crippen LogP contribution in [0.4, 0.5) is 0 Å². The molecule has 2 saturated carbocycles. The van der Waals surface area contributed by atoms with Gasteiger partial charge in [-0.1, -0.05) is 103 Å². The van der Waals surface area contributed by atoms with Crippen LogP contribution in [0.5, 0.6) is 11.5 Å². The van der Waals surface area contributed by atoms with Gasteiger partial charge >= 0.3 is 0 Å². The van der Waals surface area contributed by atoms with Gasteiger partial charge in [0.05, 0.1) is 0 Å². The molecule has 2 fully saturated rings. The number of benzene rings is 2. The average molecular weight is 799 g/mol. The highest BCUT2D eigenvalue weighted by Crippen LogP contribution is 2.41. The highest BCUT2D eigenvalue weighted by Gasteiger charge is 2.27. The van der Waals surface area contributed by atoms with Crippen LogP contribution in [0.3, 0.4) is 0 Å². The fourth-order valence-corrected chi connectivity index (χ4v) is 9.81. The number of aryl methyl sites for hydroxylation is 4. The molecule has 0 amide bonds. The lowest BCUT2D eigenvalue weighted by Crippen LogP contribution is -2.18. The second kappa shape index (κ2) is 24.6. The van der Waals surface area contributed by atoms with Crippen molar-refractivity contribution in [2.45, 2.75) is 206 Å². The first-order valence-corrected chi connectivity index (χ1v) is 24.6. The molecule has 2 heterocycles.